The molecule has 2 heteroatoms. The molecule has 0 bridgehead atoms. The molecule has 0 saturated heterocycles. The van der Waals surface area contributed by atoms with Crippen molar-refractivity contribution in [1.82, 2.24) is 5.16 Å². The minimum atomic E-state index is 0.892. The van der Waals surface area contributed by atoms with E-state index in [1.165, 1.54) is 12.8 Å². The second-order valence-electron chi connectivity index (χ2n) is 2.58. The zero-order chi connectivity index (χ0) is 6.10. The summed E-state index contributed by atoms with van der Waals surface area (Å²) in [5.41, 5.74) is 1.05. The van der Waals surface area contributed by atoms with Gasteiger partial charge >= 0.3 is 0 Å². The minimum Gasteiger partial charge on any atom is -0.353 e. The van der Waals surface area contributed by atoms with Gasteiger partial charge in [0, 0.05) is 6.07 Å². The van der Waals surface area contributed by atoms with Crippen LogP contribution in [0.4, 0.5) is 0 Å². The van der Waals surface area contributed by atoms with Crippen LogP contribution in [0.3, 0.4) is 0 Å². The molecule has 1 aromatic heterocycles. The van der Waals surface area contributed by atoms with E-state index in [1.807, 2.05) is 6.07 Å². The monoisotopic (exact) mass is 122 g/mol. The fraction of sp³-hybridized carbons (Fsp3) is 0.571. The van der Waals surface area contributed by atoms with Crippen LogP contribution in [-0.4, -0.2) is 5.16 Å². The predicted molar refractivity (Wildman–Crippen MR) is 31.8 cm³/mol. The van der Waals surface area contributed by atoms with E-state index in [4.69, 9.17) is 0 Å². The van der Waals surface area contributed by atoms with E-state index in [0.29, 0.717) is 0 Å². The Hall–Kier alpha value is -0.790. The SMILES string of the molecule is [c]1cc(CC2CC2)no1. The molecule has 0 aromatic carbocycles. The van der Waals surface area contributed by atoms with Gasteiger partial charge in [-0.3, -0.25) is 0 Å². The molecule has 0 N–H and O–H groups in total. The van der Waals surface area contributed by atoms with Crippen LogP contribution in [0.1, 0.15) is 18.5 Å². The number of nitrogens with zero attached hydrogens (tertiary/aromatic N) is 1. The molecule has 1 radical (unpaired) electrons. The van der Waals surface area contributed by atoms with Crippen LogP contribution in [0, 0.1) is 12.2 Å². The molecule has 9 heavy (non-hydrogen) atoms. The Morgan fingerprint density at radius 3 is 3.22 bits per heavy atom. The Morgan fingerprint density at radius 2 is 2.67 bits per heavy atom. The molecule has 1 fully saturated rings. The highest BCUT2D eigenvalue weighted by atomic mass is 16.5. The maximum Gasteiger partial charge on any atom is 0.205 e. The third kappa shape index (κ3) is 1.12. The molecule has 1 heterocycles. The zero-order valence-corrected chi connectivity index (χ0v) is 5.13. The van der Waals surface area contributed by atoms with Crippen LogP contribution in [-0.2, 0) is 6.42 Å². The Balaban J connectivity index is 1.99. The Kier molecular flexibility index (Phi) is 1.04. The van der Waals surface area contributed by atoms with Gasteiger partial charge in [0.15, 0.2) is 0 Å². The smallest absolute Gasteiger partial charge is 0.205 e. The summed E-state index contributed by atoms with van der Waals surface area (Å²) in [5, 5.41) is 3.77. The van der Waals surface area contributed by atoms with Gasteiger partial charge in [-0.15, -0.1) is 0 Å². The average molecular weight is 122 g/mol. The van der Waals surface area contributed by atoms with E-state index < -0.39 is 0 Å². The third-order valence-electron chi connectivity index (χ3n) is 1.64. The number of aromatic nitrogens is 1. The van der Waals surface area contributed by atoms with Gasteiger partial charge in [-0.1, -0.05) is 5.16 Å². The summed E-state index contributed by atoms with van der Waals surface area (Å²) in [7, 11) is 0. The van der Waals surface area contributed by atoms with Crippen LogP contribution < -0.4 is 0 Å². The molecule has 0 amide bonds. The summed E-state index contributed by atoms with van der Waals surface area (Å²) in [6.07, 6.45) is 6.40. The molecule has 0 aliphatic heterocycles. The maximum absolute atomic E-state index is 4.57. The largest absolute Gasteiger partial charge is 0.353 e. The van der Waals surface area contributed by atoms with Gasteiger partial charge in [0.2, 0.25) is 6.26 Å². The van der Waals surface area contributed by atoms with Crippen LogP contribution in [0.5, 0.6) is 0 Å². The van der Waals surface area contributed by atoms with Gasteiger partial charge < -0.3 is 4.52 Å². The van der Waals surface area contributed by atoms with Gasteiger partial charge in [0.1, 0.15) is 0 Å². The van der Waals surface area contributed by atoms with Crippen molar-refractivity contribution < 1.29 is 4.52 Å². The van der Waals surface area contributed by atoms with Crippen molar-refractivity contribution in [3.8, 4) is 0 Å². The standard InChI is InChI=1S/C7H8NO/c1-2-6(1)5-7-3-4-9-8-7/h3,6H,1-2,5H2. The topological polar surface area (TPSA) is 26.0 Å². The zero-order valence-electron chi connectivity index (χ0n) is 5.13. The maximum atomic E-state index is 4.57. The van der Waals surface area contributed by atoms with Gasteiger partial charge in [-0.05, 0) is 25.2 Å². The van der Waals surface area contributed by atoms with E-state index in [-0.39, 0.29) is 0 Å². The first kappa shape index (κ1) is 5.03. The second-order valence-corrected chi connectivity index (χ2v) is 2.58. The minimum absolute atomic E-state index is 0.892. The lowest BCUT2D eigenvalue weighted by molar-refractivity contribution is 0.404. The summed E-state index contributed by atoms with van der Waals surface area (Å²) in [6, 6.07) is 1.82. The van der Waals surface area contributed by atoms with Crippen LogP contribution in [0.15, 0.2) is 10.6 Å². The first-order valence-corrected chi connectivity index (χ1v) is 3.27. The van der Waals surface area contributed by atoms with Gasteiger partial charge in [-0.25, -0.2) is 0 Å². The molecule has 0 atom stereocenters. The highest BCUT2D eigenvalue weighted by Crippen LogP contribution is 2.31. The fourth-order valence-electron chi connectivity index (χ4n) is 0.920. The highest BCUT2D eigenvalue weighted by Gasteiger charge is 2.22. The normalized spacial score (nSPS) is 18.2. The predicted octanol–water partition coefficient (Wildman–Crippen LogP) is 1.43. The number of hydrogen-bond donors (Lipinski definition) is 0. The number of rotatable bonds is 2. The summed E-state index contributed by atoms with van der Waals surface area (Å²) in [5.74, 6) is 0.892. The van der Waals surface area contributed by atoms with Crippen molar-refractivity contribution in [1.29, 1.82) is 0 Å². The second kappa shape index (κ2) is 1.87. The van der Waals surface area contributed by atoms with Crippen LogP contribution >= 0.6 is 0 Å². The Bertz CT molecular complexity index is 177. The fourth-order valence-corrected chi connectivity index (χ4v) is 0.920. The van der Waals surface area contributed by atoms with E-state index in [9.17, 15) is 0 Å². The molecular weight excluding hydrogens is 114 g/mol. The molecule has 2 rings (SSSR count). The number of hydrogen-bond acceptors (Lipinski definition) is 2. The molecule has 1 aromatic rings. The lowest BCUT2D eigenvalue weighted by atomic mass is 10.2. The van der Waals surface area contributed by atoms with Crippen LogP contribution in [0.25, 0.3) is 0 Å². The summed E-state index contributed by atoms with van der Waals surface area (Å²) >= 11 is 0. The van der Waals surface area contributed by atoms with E-state index in [1.54, 1.807) is 0 Å². The highest BCUT2D eigenvalue weighted by molar-refractivity contribution is 4.98. The van der Waals surface area contributed by atoms with Crippen molar-refractivity contribution in [3.05, 3.63) is 18.0 Å². The molecule has 0 spiro atoms. The van der Waals surface area contributed by atoms with Crippen molar-refractivity contribution in [2.45, 2.75) is 19.3 Å². The Morgan fingerprint density at radius 1 is 1.78 bits per heavy atom. The molecule has 1 aliphatic rings. The van der Waals surface area contributed by atoms with Crippen molar-refractivity contribution in [3.63, 3.8) is 0 Å². The van der Waals surface area contributed by atoms with Crippen molar-refractivity contribution in [2.24, 2.45) is 5.92 Å². The quantitative estimate of drug-likeness (QED) is 0.593. The lowest BCUT2D eigenvalue weighted by Crippen LogP contribution is -1.84. The van der Waals surface area contributed by atoms with E-state index in [2.05, 4.69) is 15.9 Å². The van der Waals surface area contributed by atoms with Crippen molar-refractivity contribution in [2.75, 3.05) is 0 Å². The molecular formula is C7H8NO. The van der Waals surface area contributed by atoms with E-state index >= 15 is 0 Å². The molecule has 2 nitrogen and oxygen atoms in total. The first-order chi connectivity index (χ1) is 4.45. The van der Waals surface area contributed by atoms with Gasteiger partial charge in [0.05, 0.1) is 5.69 Å². The van der Waals surface area contributed by atoms with E-state index in [0.717, 1.165) is 18.0 Å². The summed E-state index contributed by atoms with van der Waals surface area (Å²) < 4.78 is 4.57. The molecule has 1 saturated carbocycles. The molecule has 1 aliphatic carbocycles. The molecule has 0 unspecified atom stereocenters. The van der Waals surface area contributed by atoms with Gasteiger partial charge in [0.25, 0.3) is 0 Å². The Labute approximate surface area is 53.9 Å². The summed E-state index contributed by atoms with van der Waals surface area (Å²) in [6.45, 7) is 0. The molecule has 47 valence electrons. The first-order valence-electron chi connectivity index (χ1n) is 3.27. The average Bonchev–Trinajstić information content (AvgIpc) is 2.46. The van der Waals surface area contributed by atoms with Crippen LogP contribution in [0.2, 0.25) is 0 Å². The third-order valence-corrected chi connectivity index (χ3v) is 1.64. The summed E-state index contributed by atoms with van der Waals surface area (Å²) in [4.78, 5) is 0. The lowest BCUT2D eigenvalue weighted by Gasteiger charge is -1.85. The van der Waals surface area contributed by atoms with Crippen molar-refractivity contribution >= 4 is 0 Å². The van der Waals surface area contributed by atoms with Gasteiger partial charge in [-0.2, -0.15) is 0 Å².